The summed E-state index contributed by atoms with van der Waals surface area (Å²) >= 11 is 0. The molecule has 2 aliphatic rings. The maximum atomic E-state index is 13.1. The molecule has 4 rings (SSSR count). The third-order valence-electron chi connectivity index (χ3n) is 6.19. The van der Waals surface area contributed by atoms with E-state index in [0.717, 1.165) is 23.4 Å². The number of amides is 2. The Morgan fingerprint density at radius 1 is 1.10 bits per heavy atom. The fourth-order valence-electron chi connectivity index (χ4n) is 4.73. The van der Waals surface area contributed by atoms with Gasteiger partial charge in [0.1, 0.15) is 5.75 Å². The van der Waals surface area contributed by atoms with Gasteiger partial charge in [-0.05, 0) is 42.0 Å². The molecule has 2 bridgehead atoms. The summed E-state index contributed by atoms with van der Waals surface area (Å²) in [5.74, 6) is 1.61. The van der Waals surface area contributed by atoms with E-state index in [1.54, 1.807) is 13.2 Å². The Kier molecular flexibility index (Phi) is 5.35. The average molecular weight is 396 g/mol. The molecule has 1 aromatic heterocycles. The Labute approximate surface area is 171 Å². The summed E-state index contributed by atoms with van der Waals surface area (Å²) in [6, 6.07) is 13.3. The van der Waals surface area contributed by atoms with Crippen LogP contribution in [0.5, 0.6) is 5.75 Å². The number of carbonyl (C=O) groups excluding carboxylic acids is 1. The first-order valence-corrected chi connectivity index (χ1v) is 10.4. The molecule has 1 fully saturated rings. The highest BCUT2D eigenvalue weighted by Gasteiger charge is 2.36. The molecule has 1 saturated heterocycles. The van der Waals surface area contributed by atoms with Gasteiger partial charge in [-0.15, -0.1) is 0 Å². The summed E-state index contributed by atoms with van der Waals surface area (Å²) < 4.78 is 7.14. The highest BCUT2D eigenvalue weighted by molar-refractivity contribution is 5.75. The summed E-state index contributed by atoms with van der Waals surface area (Å²) in [6.45, 7) is 6.27. The normalized spacial score (nSPS) is 21.4. The quantitative estimate of drug-likeness (QED) is 0.863. The number of fused-ring (bicyclic) bond motifs is 4. The Morgan fingerprint density at radius 2 is 1.86 bits per heavy atom. The number of rotatable bonds is 4. The van der Waals surface area contributed by atoms with Gasteiger partial charge in [-0.3, -0.25) is 4.79 Å². The van der Waals surface area contributed by atoms with Crippen LogP contribution in [0.4, 0.5) is 4.79 Å². The highest BCUT2D eigenvalue weighted by atomic mass is 16.5. The monoisotopic (exact) mass is 395 g/mol. The summed E-state index contributed by atoms with van der Waals surface area (Å²) in [7, 11) is 1.65. The standard InChI is InChI=1S/C23H29N3O3/c1-15(2)22(17-7-9-19(29-3)10-8-17)24-23(28)25-12-16-11-18(14-25)20-5-4-6-21(27)26(20)13-16/h4-10,15-16,18,22H,11-14H2,1-3H3,(H,24,28)/t16-,18+,22-/m1/s1. The van der Waals surface area contributed by atoms with Crippen LogP contribution >= 0.6 is 0 Å². The lowest BCUT2D eigenvalue weighted by Gasteiger charge is -2.43. The van der Waals surface area contributed by atoms with Crippen LogP contribution in [0.3, 0.4) is 0 Å². The van der Waals surface area contributed by atoms with Crippen molar-refractivity contribution in [2.75, 3.05) is 20.2 Å². The van der Waals surface area contributed by atoms with E-state index in [0.29, 0.717) is 25.6 Å². The van der Waals surface area contributed by atoms with Gasteiger partial charge in [0.05, 0.1) is 13.2 Å². The Hall–Kier alpha value is -2.76. The molecule has 3 heterocycles. The largest absolute Gasteiger partial charge is 0.497 e. The summed E-state index contributed by atoms with van der Waals surface area (Å²) in [5, 5.41) is 3.24. The van der Waals surface area contributed by atoms with E-state index in [9.17, 15) is 9.59 Å². The maximum absolute atomic E-state index is 13.1. The first-order valence-electron chi connectivity index (χ1n) is 10.4. The molecule has 1 N–H and O–H groups in total. The maximum Gasteiger partial charge on any atom is 0.317 e. The van der Waals surface area contributed by atoms with E-state index in [4.69, 9.17) is 4.74 Å². The van der Waals surface area contributed by atoms with Crippen LogP contribution < -0.4 is 15.6 Å². The second kappa shape index (κ2) is 7.93. The highest BCUT2D eigenvalue weighted by Crippen LogP contribution is 2.35. The van der Waals surface area contributed by atoms with E-state index in [-0.39, 0.29) is 29.5 Å². The fourth-order valence-corrected chi connectivity index (χ4v) is 4.73. The lowest BCUT2D eigenvalue weighted by molar-refractivity contribution is 0.127. The minimum Gasteiger partial charge on any atom is -0.497 e. The average Bonchev–Trinajstić information content (AvgIpc) is 2.72. The summed E-state index contributed by atoms with van der Waals surface area (Å²) in [5.41, 5.74) is 2.19. The fraction of sp³-hybridized carbons (Fsp3) is 0.478. The van der Waals surface area contributed by atoms with Crippen molar-refractivity contribution in [3.63, 3.8) is 0 Å². The van der Waals surface area contributed by atoms with Gasteiger partial charge in [0.15, 0.2) is 0 Å². The van der Waals surface area contributed by atoms with Crippen LogP contribution in [0.2, 0.25) is 0 Å². The Balaban J connectivity index is 1.50. The second-order valence-corrected chi connectivity index (χ2v) is 8.55. The SMILES string of the molecule is COc1ccc([C@H](NC(=O)N2C[C@H]3C[C@@H](C2)c2cccc(=O)n2C3)C(C)C)cc1. The van der Waals surface area contributed by atoms with E-state index < -0.39 is 0 Å². The van der Waals surface area contributed by atoms with E-state index in [1.807, 2.05) is 45.9 Å². The van der Waals surface area contributed by atoms with Crippen molar-refractivity contribution < 1.29 is 9.53 Å². The lowest BCUT2D eigenvalue weighted by atomic mass is 9.83. The number of ether oxygens (including phenoxy) is 1. The number of nitrogens with zero attached hydrogens (tertiary/aromatic N) is 2. The number of urea groups is 1. The number of pyridine rings is 1. The number of hydrogen-bond donors (Lipinski definition) is 1. The molecule has 0 unspecified atom stereocenters. The Bertz CT molecular complexity index is 935. The van der Waals surface area contributed by atoms with Gasteiger partial charge in [-0.1, -0.05) is 32.0 Å². The van der Waals surface area contributed by atoms with Crippen LogP contribution in [0.1, 0.15) is 43.5 Å². The first-order chi connectivity index (χ1) is 14.0. The van der Waals surface area contributed by atoms with Gasteiger partial charge in [-0.25, -0.2) is 4.79 Å². The third kappa shape index (κ3) is 3.88. The molecule has 2 amide bonds. The first kappa shape index (κ1) is 19.6. The predicted octanol–water partition coefficient (Wildman–Crippen LogP) is 3.38. The zero-order valence-corrected chi connectivity index (χ0v) is 17.3. The zero-order chi connectivity index (χ0) is 20.5. The number of carbonyl (C=O) groups is 1. The van der Waals surface area contributed by atoms with Crippen molar-refractivity contribution >= 4 is 6.03 Å². The van der Waals surface area contributed by atoms with Crippen LogP contribution in [0.15, 0.2) is 47.3 Å². The molecular formula is C23H29N3O3. The van der Waals surface area contributed by atoms with Gasteiger partial charge >= 0.3 is 6.03 Å². The van der Waals surface area contributed by atoms with E-state index in [1.165, 1.54) is 0 Å². The van der Waals surface area contributed by atoms with Crippen LogP contribution in [0.25, 0.3) is 0 Å². The molecular weight excluding hydrogens is 366 g/mol. The number of benzene rings is 1. The number of aromatic nitrogens is 1. The molecule has 1 aromatic carbocycles. The van der Waals surface area contributed by atoms with Crippen molar-refractivity contribution in [1.29, 1.82) is 0 Å². The topological polar surface area (TPSA) is 63.6 Å². The molecule has 0 aliphatic carbocycles. The molecule has 2 aromatic rings. The van der Waals surface area contributed by atoms with Crippen LogP contribution in [-0.4, -0.2) is 35.7 Å². The van der Waals surface area contributed by atoms with Gasteiger partial charge in [-0.2, -0.15) is 0 Å². The third-order valence-corrected chi connectivity index (χ3v) is 6.19. The predicted molar refractivity (Wildman–Crippen MR) is 112 cm³/mol. The van der Waals surface area contributed by atoms with Crippen molar-refractivity contribution in [2.45, 2.75) is 38.8 Å². The number of piperidine rings is 1. The molecule has 29 heavy (non-hydrogen) atoms. The number of hydrogen-bond acceptors (Lipinski definition) is 3. The molecule has 3 atom stereocenters. The summed E-state index contributed by atoms with van der Waals surface area (Å²) in [4.78, 5) is 27.3. The van der Waals surface area contributed by atoms with E-state index >= 15 is 0 Å². The smallest absolute Gasteiger partial charge is 0.317 e. The second-order valence-electron chi connectivity index (χ2n) is 8.55. The van der Waals surface area contributed by atoms with Crippen LogP contribution in [-0.2, 0) is 6.54 Å². The molecule has 154 valence electrons. The Morgan fingerprint density at radius 3 is 2.55 bits per heavy atom. The number of methoxy groups -OCH3 is 1. The molecule has 2 aliphatic heterocycles. The van der Waals surface area contributed by atoms with Crippen LogP contribution in [0, 0.1) is 11.8 Å². The van der Waals surface area contributed by atoms with Crippen molar-refractivity contribution in [3.05, 3.63) is 64.1 Å². The summed E-state index contributed by atoms with van der Waals surface area (Å²) in [6.07, 6.45) is 1.04. The van der Waals surface area contributed by atoms with Crippen molar-refractivity contribution in [2.24, 2.45) is 11.8 Å². The number of likely N-dealkylation sites (tertiary alicyclic amines) is 1. The molecule has 0 spiro atoms. The van der Waals surface area contributed by atoms with Gasteiger partial charge in [0.2, 0.25) is 0 Å². The number of nitrogens with one attached hydrogen (secondary N) is 1. The minimum atomic E-state index is -0.0647. The molecule has 0 radical (unpaired) electrons. The van der Waals surface area contributed by atoms with Gasteiger partial charge < -0.3 is 19.5 Å². The minimum absolute atomic E-state index is 0.0269. The van der Waals surface area contributed by atoms with Gasteiger partial charge in [0.25, 0.3) is 5.56 Å². The molecule has 0 saturated carbocycles. The van der Waals surface area contributed by atoms with Crippen molar-refractivity contribution in [1.82, 2.24) is 14.8 Å². The van der Waals surface area contributed by atoms with Gasteiger partial charge in [0, 0.05) is 37.3 Å². The van der Waals surface area contributed by atoms with Crippen molar-refractivity contribution in [3.8, 4) is 5.75 Å². The zero-order valence-electron chi connectivity index (χ0n) is 17.3. The lowest BCUT2D eigenvalue weighted by Crippen LogP contribution is -2.52. The molecule has 6 nitrogen and oxygen atoms in total. The van der Waals surface area contributed by atoms with E-state index in [2.05, 4.69) is 19.2 Å². The molecule has 6 heteroatoms.